The van der Waals surface area contributed by atoms with Gasteiger partial charge in [-0.05, 0) is 73.4 Å². The SMILES string of the molecule is Cc1cc(C)c2c(c1)C(=O)C(=Cc1ccc(Sc3nncn3C)c([N+](=O)[O-])c1)CC2. The van der Waals surface area contributed by atoms with Gasteiger partial charge >= 0.3 is 0 Å². The van der Waals surface area contributed by atoms with E-state index in [0.717, 1.165) is 28.7 Å². The molecule has 3 aromatic rings. The second-order valence-electron chi connectivity index (χ2n) is 7.42. The van der Waals surface area contributed by atoms with Crippen molar-refractivity contribution in [3.63, 3.8) is 0 Å². The van der Waals surface area contributed by atoms with E-state index in [9.17, 15) is 14.9 Å². The number of nitro benzene ring substituents is 1. The fraction of sp³-hybridized carbons (Fsp3) is 0.227. The van der Waals surface area contributed by atoms with E-state index in [-0.39, 0.29) is 11.5 Å². The summed E-state index contributed by atoms with van der Waals surface area (Å²) in [6.45, 7) is 4.01. The Morgan fingerprint density at radius 2 is 2.00 bits per heavy atom. The van der Waals surface area contributed by atoms with Gasteiger partial charge in [-0.25, -0.2) is 0 Å². The Morgan fingerprint density at radius 3 is 2.70 bits per heavy atom. The highest BCUT2D eigenvalue weighted by molar-refractivity contribution is 7.99. The van der Waals surface area contributed by atoms with Crippen molar-refractivity contribution in [1.82, 2.24) is 14.8 Å². The number of Topliss-reactive ketones (excluding diaryl/α,β-unsaturated/α-hetero) is 1. The number of benzene rings is 2. The van der Waals surface area contributed by atoms with E-state index in [4.69, 9.17) is 0 Å². The van der Waals surface area contributed by atoms with Crippen LogP contribution in [0.25, 0.3) is 6.08 Å². The lowest BCUT2D eigenvalue weighted by Crippen LogP contribution is -2.15. The number of fused-ring (bicyclic) bond motifs is 1. The zero-order valence-corrected chi connectivity index (χ0v) is 17.7. The van der Waals surface area contributed by atoms with Gasteiger partial charge in [0.25, 0.3) is 5.69 Å². The molecule has 1 heterocycles. The van der Waals surface area contributed by atoms with Gasteiger partial charge in [-0.1, -0.05) is 17.7 Å². The largest absolute Gasteiger partial charge is 0.311 e. The van der Waals surface area contributed by atoms with Crippen molar-refractivity contribution in [2.24, 2.45) is 7.05 Å². The van der Waals surface area contributed by atoms with Crippen LogP contribution in [0.1, 0.15) is 39.0 Å². The summed E-state index contributed by atoms with van der Waals surface area (Å²) in [6.07, 6.45) is 4.73. The van der Waals surface area contributed by atoms with Crippen LogP contribution < -0.4 is 0 Å². The zero-order valence-electron chi connectivity index (χ0n) is 16.9. The molecule has 0 N–H and O–H groups in total. The smallest absolute Gasteiger partial charge is 0.283 e. The van der Waals surface area contributed by atoms with Crippen molar-refractivity contribution in [3.8, 4) is 0 Å². The van der Waals surface area contributed by atoms with Gasteiger partial charge in [0, 0.05) is 24.3 Å². The van der Waals surface area contributed by atoms with Gasteiger partial charge < -0.3 is 4.57 Å². The first-order valence-corrected chi connectivity index (χ1v) is 10.3. The van der Waals surface area contributed by atoms with Gasteiger partial charge in [-0.2, -0.15) is 0 Å². The number of aromatic nitrogens is 3. The van der Waals surface area contributed by atoms with E-state index >= 15 is 0 Å². The second kappa shape index (κ2) is 7.87. The molecule has 0 saturated carbocycles. The van der Waals surface area contributed by atoms with E-state index in [0.29, 0.717) is 27.6 Å². The van der Waals surface area contributed by atoms with Gasteiger partial charge in [0.1, 0.15) is 6.33 Å². The zero-order chi connectivity index (χ0) is 21.4. The highest BCUT2D eigenvalue weighted by atomic mass is 32.2. The van der Waals surface area contributed by atoms with Crippen molar-refractivity contribution >= 4 is 29.3 Å². The summed E-state index contributed by atoms with van der Waals surface area (Å²) in [6, 6.07) is 9.02. The molecular formula is C22H20N4O3S. The molecule has 0 bridgehead atoms. The number of aryl methyl sites for hydroxylation is 3. The van der Waals surface area contributed by atoms with Gasteiger partial charge in [0.05, 0.1) is 9.82 Å². The number of hydrogen-bond donors (Lipinski definition) is 0. The third kappa shape index (κ3) is 3.78. The summed E-state index contributed by atoms with van der Waals surface area (Å²) in [4.78, 5) is 24.7. The molecule has 1 aromatic heterocycles. The normalized spacial score (nSPS) is 14.8. The predicted molar refractivity (Wildman–Crippen MR) is 115 cm³/mol. The van der Waals surface area contributed by atoms with Crippen LogP contribution in [0.4, 0.5) is 5.69 Å². The van der Waals surface area contributed by atoms with E-state index in [2.05, 4.69) is 16.3 Å². The van der Waals surface area contributed by atoms with E-state index < -0.39 is 4.92 Å². The lowest BCUT2D eigenvalue weighted by Gasteiger charge is -2.20. The molecule has 2 aromatic carbocycles. The number of hydrogen-bond acceptors (Lipinski definition) is 6. The summed E-state index contributed by atoms with van der Waals surface area (Å²) in [7, 11) is 1.78. The van der Waals surface area contributed by atoms with E-state index in [1.807, 2.05) is 19.9 Å². The van der Waals surface area contributed by atoms with Gasteiger partial charge in [0.15, 0.2) is 10.9 Å². The fourth-order valence-electron chi connectivity index (χ4n) is 3.73. The molecular weight excluding hydrogens is 400 g/mol. The molecule has 0 saturated heterocycles. The summed E-state index contributed by atoms with van der Waals surface area (Å²) in [5.41, 5.74) is 5.33. The highest BCUT2D eigenvalue weighted by Crippen LogP contribution is 2.35. The molecule has 7 nitrogen and oxygen atoms in total. The van der Waals surface area contributed by atoms with Crippen molar-refractivity contribution in [2.45, 2.75) is 36.7 Å². The average molecular weight is 420 g/mol. The minimum atomic E-state index is -0.411. The van der Waals surface area contributed by atoms with Crippen molar-refractivity contribution < 1.29 is 9.72 Å². The number of carbonyl (C=O) groups excluding carboxylic acids is 1. The minimum Gasteiger partial charge on any atom is -0.311 e. The molecule has 0 fully saturated rings. The van der Waals surface area contributed by atoms with Crippen molar-refractivity contribution in [1.29, 1.82) is 0 Å². The molecule has 0 amide bonds. The van der Waals surface area contributed by atoms with Crippen molar-refractivity contribution in [2.75, 3.05) is 0 Å². The third-order valence-electron chi connectivity index (χ3n) is 5.19. The first-order valence-electron chi connectivity index (χ1n) is 9.49. The Kier molecular flexibility index (Phi) is 5.26. The lowest BCUT2D eigenvalue weighted by molar-refractivity contribution is -0.387. The molecule has 1 aliphatic carbocycles. The highest BCUT2D eigenvalue weighted by Gasteiger charge is 2.24. The van der Waals surface area contributed by atoms with Gasteiger partial charge in [-0.3, -0.25) is 14.9 Å². The monoisotopic (exact) mass is 420 g/mol. The predicted octanol–water partition coefficient (Wildman–Crippen LogP) is 4.70. The standard InChI is InChI=1S/C22H20N4O3S/c1-13-8-14(2)17-6-5-16(21(27)18(17)9-13)10-15-4-7-20(19(11-15)26(28)29)30-22-24-23-12-25(22)3/h4,7-12H,5-6H2,1-3H3. The molecule has 0 atom stereocenters. The molecule has 0 spiro atoms. The maximum Gasteiger partial charge on any atom is 0.283 e. The maximum absolute atomic E-state index is 13.0. The van der Waals surface area contributed by atoms with E-state index in [1.165, 1.54) is 17.8 Å². The number of allylic oxidation sites excluding steroid dienone is 1. The van der Waals surface area contributed by atoms with Crippen LogP contribution in [-0.2, 0) is 13.5 Å². The maximum atomic E-state index is 13.0. The number of ketones is 1. The summed E-state index contributed by atoms with van der Waals surface area (Å²) in [5, 5.41) is 20.0. The number of rotatable bonds is 4. The topological polar surface area (TPSA) is 90.9 Å². The Hall–Kier alpha value is -3.26. The molecule has 8 heteroatoms. The first-order chi connectivity index (χ1) is 14.3. The van der Waals surface area contributed by atoms with Crippen LogP contribution in [0.3, 0.4) is 0 Å². The minimum absolute atomic E-state index is 0.00300. The Balaban J connectivity index is 1.68. The van der Waals surface area contributed by atoms with Crippen molar-refractivity contribution in [3.05, 3.63) is 80.2 Å². The molecule has 0 unspecified atom stereocenters. The average Bonchev–Trinajstić information content (AvgIpc) is 3.10. The van der Waals surface area contributed by atoms with E-state index in [1.54, 1.807) is 36.2 Å². The van der Waals surface area contributed by atoms with Crippen LogP contribution in [0.15, 0.2) is 52.3 Å². The van der Waals surface area contributed by atoms with Crippen LogP contribution in [0, 0.1) is 24.0 Å². The molecule has 1 aliphatic rings. The second-order valence-corrected chi connectivity index (χ2v) is 8.43. The molecule has 152 valence electrons. The first kappa shape index (κ1) is 20.0. The Morgan fingerprint density at radius 1 is 1.20 bits per heavy atom. The van der Waals surface area contributed by atoms with Crippen LogP contribution >= 0.6 is 11.8 Å². The third-order valence-corrected chi connectivity index (χ3v) is 6.31. The number of nitro groups is 1. The number of carbonyl (C=O) groups is 1. The van der Waals surface area contributed by atoms with Crippen LogP contribution in [0.5, 0.6) is 0 Å². The van der Waals surface area contributed by atoms with Gasteiger partial charge in [-0.15, -0.1) is 10.2 Å². The molecule has 0 aliphatic heterocycles. The Labute approximate surface area is 178 Å². The van der Waals surface area contributed by atoms with Gasteiger partial charge in [0.2, 0.25) is 0 Å². The molecule has 30 heavy (non-hydrogen) atoms. The van der Waals surface area contributed by atoms with Crippen LogP contribution in [-0.4, -0.2) is 25.5 Å². The molecule has 0 radical (unpaired) electrons. The quantitative estimate of drug-likeness (QED) is 0.345. The Bertz CT molecular complexity index is 1210. The number of nitrogens with zero attached hydrogens (tertiary/aromatic N) is 4. The summed E-state index contributed by atoms with van der Waals surface area (Å²) < 4.78 is 1.70. The summed E-state index contributed by atoms with van der Waals surface area (Å²) in [5.74, 6) is 0.00300. The fourth-order valence-corrected chi connectivity index (χ4v) is 4.58. The van der Waals surface area contributed by atoms with Crippen LogP contribution in [0.2, 0.25) is 0 Å². The molecule has 4 rings (SSSR count). The summed E-state index contributed by atoms with van der Waals surface area (Å²) >= 11 is 1.19. The lowest BCUT2D eigenvalue weighted by atomic mass is 9.83.